The van der Waals surface area contributed by atoms with Crippen molar-refractivity contribution in [2.75, 3.05) is 50.7 Å². The van der Waals surface area contributed by atoms with Crippen molar-refractivity contribution < 1.29 is 26.3 Å². The molecule has 2 aromatic carbocycles. The Morgan fingerprint density at radius 3 is 2.67 bits per heavy atom. The second kappa shape index (κ2) is 12.5. The second-order valence-corrected chi connectivity index (χ2v) is 12.7. The van der Waals surface area contributed by atoms with Gasteiger partial charge in [0, 0.05) is 29.3 Å². The largest absolute Gasteiger partial charge is 0.495 e. The van der Waals surface area contributed by atoms with Crippen molar-refractivity contribution >= 4 is 42.6 Å². The maximum Gasteiger partial charge on any atom is 0.273 e. The van der Waals surface area contributed by atoms with Crippen LogP contribution in [-0.4, -0.2) is 65.8 Å². The van der Waals surface area contributed by atoms with Gasteiger partial charge in [-0.05, 0) is 57.6 Å². The van der Waals surface area contributed by atoms with Crippen molar-refractivity contribution in [1.29, 1.82) is 0 Å². The molecule has 0 radical (unpaired) electrons. The molecule has 3 aromatic rings. The normalized spacial score (nSPS) is 17.4. The number of nitrogens with one attached hydrogen (secondary N) is 2. The Labute approximate surface area is 231 Å². The number of ether oxygens (including phenoxy) is 1. The quantitative estimate of drug-likeness (QED) is 0.322. The topological polar surface area (TPSA) is 70.7 Å². The average Bonchev–Trinajstić information content (AvgIpc) is 3.14. The first-order valence-corrected chi connectivity index (χ1v) is 15.3. The number of methoxy groups -OCH3 is 1. The molecular formula is C28H32F3N3O3S2. The van der Waals surface area contributed by atoms with E-state index < -0.39 is 22.4 Å². The molecule has 39 heavy (non-hydrogen) atoms. The number of fused-ring (bicyclic) bond motifs is 1. The summed E-state index contributed by atoms with van der Waals surface area (Å²) in [6.07, 6.45) is -1.51. The Morgan fingerprint density at radius 1 is 1.15 bits per heavy atom. The van der Waals surface area contributed by atoms with Crippen LogP contribution in [0.3, 0.4) is 0 Å². The molecule has 2 atom stereocenters. The van der Waals surface area contributed by atoms with Gasteiger partial charge in [0.15, 0.2) is 16.0 Å². The van der Waals surface area contributed by atoms with E-state index in [0.717, 1.165) is 44.3 Å². The van der Waals surface area contributed by atoms with Crippen LogP contribution in [0.15, 0.2) is 41.3 Å². The summed E-state index contributed by atoms with van der Waals surface area (Å²) in [6.45, 7) is 2.10. The Balaban J connectivity index is 1.61. The van der Waals surface area contributed by atoms with E-state index in [-0.39, 0.29) is 27.9 Å². The summed E-state index contributed by atoms with van der Waals surface area (Å²) in [5.74, 6) is 6.11. The molecule has 210 valence electrons. The van der Waals surface area contributed by atoms with Crippen molar-refractivity contribution in [2.45, 2.75) is 42.8 Å². The molecule has 1 fully saturated rings. The first kappa shape index (κ1) is 29.1. The number of halogens is 3. The van der Waals surface area contributed by atoms with Crippen LogP contribution in [0.2, 0.25) is 0 Å². The van der Waals surface area contributed by atoms with E-state index in [0.29, 0.717) is 21.5 Å². The number of nitrogens with zero attached hydrogens (tertiary/aromatic N) is 1. The van der Waals surface area contributed by atoms with Gasteiger partial charge < -0.3 is 20.3 Å². The van der Waals surface area contributed by atoms with Crippen molar-refractivity contribution in [1.82, 2.24) is 4.90 Å². The van der Waals surface area contributed by atoms with Gasteiger partial charge in [-0.3, -0.25) is 0 Å². The first-order valence-electron chi connectivity index (χ1n) is 12.6. The third-order valence-electron chi connectivity index (χ3n) is 6.73. The molecule has 0 bridgehead atoms. The average molecular weight is 580 g/mol. The van der Waals surface area contributed by atoms with Crippen molar-refractivity contribution in [3.8, 4) is 17.6 Å². The van der Waals surface area contributed by atoms with E-state index in [4.69, 9.17) is 4.74 Å². The summed E-state index contributed by atoms with van der Waals surface area (Å²) in [4.78, 5) is 2.67. The van der Waals surface area contributed by atoms with Gasteiger partial charge in [-0.25, -0.2) is 21.6 Å². The van der Waals surface area contributed by atoms with Crippen LogP contribution in [-0.2, 0) is 9.84 Å². The lowest BCUT2D eigenvalue weighted by atomic mass is 10.0. The molecule has 4 rings (SSSR count). The van der Waals surface area contributed by atoms with Crippen LogP contribution < -0.4 is 15.4 Å². The molecule has 0 spiro atoms. The molecule has 1 aromatic heterocycles. The van der Waals surface area contributed by atoms with Crippen LogP contribution in [0.4, 0.5) is 24.5 Å². The summed E-state index contributed by atoms with van der Waals surface area (Å²) in [7, 11) is 0.119. The maximum atomic E-state index is 14.9. The van der Waals surface area contributed by atoms with Gasteiger partial charge in [0.25, 0.3) is 6.43 Å². The predicted octanol–water partition coefficient (Wildman–Crippen LogP) is 5.95. The maximum absolute atomic E-state index is 14.9. The van der Waals surface area contributed by atoms with E-state index in [1.807, 2.05) is 6.07 Å². The number of rotatable bonds is 8. The Morgan fingerprint density at radius 2 is 1.95 bits per heavy atom. The monoisotopic (exact) mass is 579 g/mol. The Bertz CT molecular complexity index is 1480. The van der Waals surface area contributed by atoms with Crippen LogP contribution in [0.1, 0.15) is 35.9 Å². The predicted molar refractivity (Wildman–Crippen MR) is 152 cm³/mol. The van der Waals surface area contributed by atoms with E-state index in [1.165, 1.54) is 30.6 Å². The highest BCUT2D eigenvalue weighted by Crippen LogP contribution is 2.42. The fraction of sp³-hybridized carbons (Fsp3) is 0.429. The number of sulfone groups is 1. The van der Waals surface area contributed by atoms with Crippen molar-refractivity contribution in [3.05, 3.63) is 46.8 Å². The molecule has 6 nitrogen and oxygen atoms in total. The number of likely N-dealkylation sites (tertiary alicyclic amines) is 1. The lowest BCUT2D eigenvalue weighted by Gasteiger charge is -2.18. The van der Waals surface area contributed by atoms with Crippen LogP contribution in [0.5, 0.6) is 5.75 Å². The van der Waals surface area contributed by atoms with Gasteiger partial charge in [-0.2, -0.15) is 0 Å². The SMILES string of the molecule is COc1cc(S(C)(=O)=O)ccc1NCC#Cc1sc2c(NC3CCCN(C)CC3)cccc2c1C(F)C(F)F. The zero-order valence-electron chi connectivity index (χ0n) is 22.1. The molecule has 11 heteroatoms. The number of hydrogen-bond donors (Lipinski definition) is 2. The van der Waals surface area contributed by atoms with Crippen LogP contribution in [0.25, 0.3) is 10.1 Å². The highest BCUT2D eigenvalue weighted by molar-refractivity contribution is 7.90. The number of benzene rings is 2. The Kier molecular flexibility index (Phi) is 9.31. The molecule has 2 heterocycles. The minimum absolute atomic E-state index is 0.0863. The highest BCUT2D eigenvalue weighted by Gasteiger charge is 2.29. The summed E-state index contributed by atoms with van der Waals surface area (Å²) in [5.41, 5.74) is 1.24. The van der Waals surface area contributed by atoms with E-state index in [2.05, 4.69) is 34.4 Å². The fourth-order valence-electron chi connectivity index (χ4n) is 4.66. The molecule has 2 N–H and O–H groups in total. The molecule has 0 amide bonds. The standard InChI is InChI=1S/C28H32F3N3O3S2/c1-34-15-6-7-18(13-16-34)33-22-9-4-8-20-25(26(29)28(30)31)24(38-27(20)22)10-5-14-32-21-12-11-19(39(3,35)36)17-23(21)37-2/h4,8-9,11-12,17-18,26,28,32-33H,6-7,13-16H2,1-3H3. The lowest BCUT2D eigenvalue weighted by Crippen LogP contribution is -2.23. The number of hydrogen-bond acceptors (Lipinski definition) is 7. The molecule has 1 aliphatic rings. The van der Waals surface area contributed by atoms with Gasteiger partial charge >= 0.3 is 0 Å². The van der Waals surface area contributed by atoms with Gasteiger partial charge in [0.05, 0.1) is 39.5 Å². The number of anilines is 2. The zero-order chi connectivity index (χ0) is 28.2. The number of thiophene rings is 1. The van der Waals surface area contributed by atoms with Crippen LogP contribution >= 0.6 is 11.3 Å². The summed E-state index contributed by atoms with van der Waals surface area (Å²) >= 11 is 1.21. The smallest absolute Gasteiger partial charge is 0.273 e. The van der Waals surface area contributed by atoms with Crippen LogP contribution in [0, 0.1) is 11.8 Å². The second-order valence-electron chi connectivity index (χ2n) is 9.63. The van der Waals surface area contributed by atoms with Crippen molar-refractivity contribution in [3.63, 3.8) is 0 Å². The van der Waals surface area contributed by atoms with E-state index in [1.54, 1.807) is 18.2 Å². The molecular weight excluding hydrogens is 547 g/mol. The van der Waals surface area contributed by atoms with Gasteiger partial charge in [-0.15, -0.1) is 11.3 Å². The van der Waals surface area contributed by atoms with Crippen molar-refractivity contribution in [2.24, 2.45) is 0 Å². The summed E-state index contributed by atoms with van der Waals surface area (Å²) in [6, 6.07) is 10.00. The number of alkyl halides is 3. The minimum Gasteiger partial charge on any atom is -0.495 e. The fourth-order valence-corrected chi connectivity index (χ4v) is 6.48. The molecule has 2 unspecified atom stereocenters. The summed E-state index contributed by atoms with van der Waals surface area (Å²) < 4.78 is 71.6. The zero-order valence-corrected chi connectivity index (χ0v) is 23.7. The van der Waals surface area contributed by atoms with E-state index in [9.17, 15) is 21.6 Å². The molecule has 0 aliphatic carbocycles. The third kappa shape index (κ3) is 6.99. The molecule has 1 saturated heterocycles. The Hall–Kier alpha value is -2.94. The van der Waals surface area contributed by atoms with Gasteiger partial charge in [0.2, 0.25) is 0 Å². The highest BCUT2D eigenvalue weighted by atomic mass is 32.2. The minimum atomic E-state index is -3.40. The molecule has 1 aliphatic heterocycles. The van der Waals surface area contributed by atoms with E-state index >= 15 is 0 Å². The third-order valence-corrected chi connectivity index (χ3v) is 9.01. The van der Waals surface area contributed by atoms with Gasteiger partial charge in [0.1, 0.15) is 5.75 Å². The van der Waals surface area contributed by atoms with Gasteiger partial charge in [-0.1, -0.05) is 24.0 Å². The first-order chi connectivity index (χ1) is 18.6. The summed E-state index contributed by atoms with van der Waals surface area (Å²) in [5, 5.41) is 7.06. The molecule has 0 saturated carbocycles. The lowest BCUT2D eigenvalue weighted by molar-refractivity contribution is 0.0504.